The highest BCUT2D eigenvalue weighted by atomic mass is 35.5. The number of benzene rings is 1. The maximum Gasteiger partial charge on any atom is 0.508 e. The summed E-state index contributed by atoms with van der Waals surface area (Å²) in [6, 6.07) is 2.70. The van der Waals surface area contributed by atoms with Crippen LogP contribution >= 0.6 is 11.6 Å². The van der Waals surface area contributed by atoms with E-state index in [-0.39, 0.29) is 59.9 Å². The van der Waals surface area contributed by atoms with Crippen LogP contribution in [0.4, 0.5) is 19.4 Å². The lowest BCUT2D eigenvalue weighted by Gasteiger charge is -2.31. The number of aromatic nitrogens is 3. The summed E-state index contributed by atoms with van der Waals surface area (Å²) in [6.07, 6.45) is 1.78. The molecule has 6 bridgehead atoms. The zero-order valence-corrected chi connectivity index (χ0v) is 24.7. The Morgan fingerprint density at radius 1 is 1.18 bits per heavy atom. The number of carbonyl (C=O) groups is 1. The molecule has 14 heteroatoms. The minimum atomic E-state index is -0.936. The van der Waals surface area contributed by atoms with Gasteiger partial charge >= 0.3 is 12.2 Å². The first-order valence-electron chi connectivity index (χ1n) is 14.9. The van der Waals surface area contributed by atoms with Crippen molar-refractivity contribution in [2.75, 3.05) is 57.5 Å². The van der Waals surface area contributed by atoms with Crippen molar-refractivity contribution in [2.45, 2.75) is 49.9 Å². The summed E-state index contributed by atoms with van der Waals surface area (Å²) < 4.78 is 53.8. The van der Waals surface area contributed by atoms with Crippen LogP contribution in [0, 0.1) is 5.82 Å². The number of ether oxygens (including phenoxy) is 4. The van der Waals surface area contributed by atoms with Gasteiger partial charge in [0.05, 0.1) is 37.3 Å². The van der Waals surface area contributed by atoms with E-state index >= 15 is 4.39 Å². The van der Waals surface area contributed by atoms with E-state index in [1.165, 1.54) is 18.3 Å². The molecule has 11 nitrogen and oxygen atoms in total. The Morgan fingerprint density at radius 2 is 2.07 bits per heavy atom. The quantitative estimate of drug-likeness (QED) is 0.413. The van der Waals surface area contributed by atoms with E-state index in [2.05, 4.69) is 14.9 Å². The lowest BCUT2D eigenvalue weighted by atomic mass is 9.95. The summed E-state index contributed by atoms with van der Waals surface area (Å²) in [7, 11) is 0. The first kappa shape index (κ1) is 29.2. The molecule has 7 heterocycles. The number of phenols is 1. The van der Waals surface area contributed by atoms with Gasteiger partial charge in [-0.15, -0.1) is 0 Å². The molecule has 44 heavy (non-hydrogen) atoms. The van der Waals surface area contributed by atoms with Gasteiger partial charge in [-0.2, -0.15) is 9.97 Å². The molecule has 3 fully saturated rings. The SMILES string of the molecule is O=C1OCCCc2c(Cl)cc(O)cc2-c2ncc3c(nc(OC[C@@]45CCCN4C[C@H](F)C5)nc3c2F)N2CCOC[C@H](C2)O1. The number of phenolic OH excluding ortho intramolecular Hbond substituents is 1. The molecule has 234 valence electrons. The summed E-state index contributed by atoms with van der Waals surface area (Å²) in [6.45, 7) is 2.34. The van der Waals surface area contributed by atoms with Crippen molar-refractivity contribution in [2.24, 2.45) is 0 Å². The van der Waals surface area contributed by atoms with E-state index in [9.17, 15) is 14.3 Å². The molecule has 1 N–H and O–H groups in total. The van der Waals surface area contributed by atoms with Crippen molar-refractivity contribution in [3.63, 3.8) is 0 Å². The third-order valence-corrected chi connectivity index (χ3v) is 9.23. The number of alkyl halides is 1. The number of carbonyl (C=O) groups excluding carboxylic acids is 1. The number of halogens is 3. The van der Waals surface area contributed by atoms with Crippen LogP contribution in [0.1, 0.15) is 31.2 Å². The molecule has 3 atom stereocenters. The maximum atomic E-state index is 16.6. The fourth-order valence-corrected chi connectivity index (χ4v) is 7.18. The van der Waals surface area contributed by atoms with Crippen LogP contribution in [0.25, 0.3) is 22.2 Å². The highest BCUT2D eigenvalue weighted by molar-refractivity contribution is 6.32. The molecule has 2 aromatic heterocycles. The molecule has 0 aliphatic carbocycles. The van der Waals surface area contributed by atoms with E-state index in [1.54, 1.807) is 0 Å². The second-order valence-electron chi connectivity index (χ2n) is 11.8. The molecule has 0 unspecified atom stereocenters. The number of anilines is 1. The van der Waals surface area contributed by atoms with Gasteiger partial charge in [0.25, 0.3) is 0 Å². The smallest absolute Gasteiger partial charge is 0.508 e. The van der Waals surface area contributed by atoms with Crippen LogP contribution in [0.15, 0.2) is 18.3 Å². The lowest BCUT2D eigenvalue weighted by molar-refractivity contribution is -0.00448. The van der Waals surface area contributed by atoms with Gasteiger partial charge in [0.15, 0.2) is 5.82 Å². The average molecular weight is 632 g/mol. The van der Waals surface area contributed by atoms with Gasteiger partial charge in [-0.25, -0.2) is 13.6 Å². The van der Waals surface area contributed by atoms with E-state index in [0.29, 0.717) is 55.7 Å². The van der Waals surface area contributed by atoms with Gasteiger partial charge in [-0.3, -0.25) is 9.88 Å². The molecular weight excluding hydrogens is 600 g/mol. The van der Waals surface area contributed by atoms with Crippen molar-refractivity contribution in [3.8, 4) is 23.0 Å². The number of pyridine rings is 1. The molecule has 3 saturated heterocycles. The molecule has 5 aliphatic rings. The molecule has 8 rings (SSSR count). The van der Waals surface area contributed by atoms with Crippen LogP contribution in [0.3, 0.4) is 0 Å². The predicted molar refractivity (Wildman–Crippen MR) is 156 cm³/mol. The van der Waals surface area contributed by atoms with E-state index in [4.69, 9.17) is 35.5 Å². The van der Waals surface area contributed by atoms with Crippen LogP contribution in [-0.4, -0.2) is 102 Å². The Kier molecular flexibility index (Phi) is 7.79. The number of hydrogen-bond acceptors (Lipinski definition) is 11. The standard InChI is InChI=1S/C30H32ClF2N5O6/c31-23-10-18(39)9-21-20(23)3-1-7-42-29(40)44-19-14-37(6-8-41-15-19)27-22-12-34-25(21)24(33)26(22)35-28(36-27)43-16-30-4-2-5-38(30)13-17(32)11-30/h9-10,12,17,19,39H,1-8,11,13-16H2/t17-,19+,30+/m1/s1. The number of nitrogens with zero attached hydrogens (tertiary/aromatic N) is 5. The average Bonchev–Trinajstić information content (AvgIpc) is 3.41. The van der Waals surface area contributed by atoms with Crippen molar-refractivity contribution in [3.05, 3.63) is 34.7 Å². The van der Waals surface area contributed by atoms with Gasteiger partial charge < -0.3 is 29.0 Å². The molecular formula is C30H32ClF2N5O6. The number of aromatic hydroxyl groups is 1. The first-order valence-corrected chi connectivity index (χ1v) is 15.2. The monoisotopic (exact) mass is 631 g/mol. The molecule has 0 radical (unpaired) electrons. The summed E-state index contributed by atoms with van der Waals surface area (Å²) >= 11 is 6.51. The summed E-state index contributed by atoms with van der Waals surface area (Å²) in [4.78, 5) is 30.2. The van der Waals surface area contributed by atoms with E-state index in [1.807, 2.05) is 4.90 Å². The zero-order chi connectivity index (χ0) is 30.4. The number of rotatable bonds is 3. The Labute approximate surface area is 257 Å². The van der Waals surface area contributed by atoms with Crippen LogP contribution in [-0.2, 0) is 20.6 Å². The van der Waals surface area contributed by atoms with Gasteiger partial charge in [0.2, 0.25) is 0 Å². The van der Waals surface area contributed by atoms with Crippen molar-refractivity contribution < 1.29 is 37.6 Å². The Morgan fingerprint density at radius 3 is 2.95 bits per heavy atom. The molecule has 0 saturated carbocycles. The second-order valence-corrected chi connectivity index (χ2v) is 12.2. The number of hydrogen-bond donors (Lipinski definition) is 1. The largest absolute Gasteiger partial charge is 0.508 e. The van der Waals surface area contributed by atoms with Crippen molar-refractivity contribution >= 4 is 34.5 Å². The predicted octanol–water partition coefficient (Wildman–Crippen LogP) is 4.45. The van der Waals surface area contributed by atoms with E-state index in [0.717, 1.165) is 19.4 Å². The summed E-state index contributed by atoms with van der Waals surface area (Å²) in [5, 5.41) is 10.9. The Hall–Kier alpha value is -3.55. The Bertz CT molecular complexity index is 1600. The maximum absolute atomic E-state index is 16.6. The molecule has 0 spiro atoms. The third kappa shape index (κ3) is 5.45. The fraction of sp³-hybridized carbons (Fsp3) is 0.533. The van der Waals surface area contributed by atoms with Crippen LogP contribution in [0.2, 0.25) is 5.02 Å². The number of fused-ring (bicyclic) bond motifs is 7. The van der Waals surface area contributed by atoms with Gasteiger partial charge in [0, 0.05) is 36.3 Å². The van der Waals surface area contributed by atoms with Crippen LogP contribution in [0.5, 0.6) is 11.8 Å². The highest BCUT2D eigenvalue weighted by Gasteiger charge is 2.49. The van der Waals surface area contributed by atoms with E-state index < -0.39 is 29.8 Å². The Balaban J connectivity index is 1.36. The van der Waals surface area contributed by atoms with Gasteiger partial charge in [-0.1, -0.05) is 11.6 Å². The summed E-state index contributed by atoms with van der Waals surface area (Å²) in [5.41, 5.74) is 0.261. The summed E-state index contributed by atoms with van der Waals surface area (Å²) in [5.74, 6) is -0.565. The normalized spacial score (nSPS) is 25.9. The van der Waals surface area contributed by atoms with Gasteiger partial charge in [-0.05, 0) is 49.9 Å². The minimum Gasteiger partial charge on any atom is -0.508 e. The van der Waals surface area contributed by atoms with Gasteiger partial charge in [0.1, 0.15) is 41.7 Å². The third-order valence-electron chi connectivity index (χ3n) is 8.90. The first-order chi connectivity index (χ1) is 21.3. The minimum absolute atomic E-state index is 0.0344. The van der Waals surface area contributed by atoms with Crippen molar-refractivity contribution in [1.82, 2.24) is 19.9 Å². The molecule has 5 aliphatic heterocycles. The molecule has 0 amide bonds. The highest BCUT2D eigenvalue weighted by Crippen LogP contribution is 2.41. The molecule has 1 aromatic carbocycles. The topological polar surface area (TPSA) is 119 Å². The van der Waals surface area contributed by atoms with Crippen molar-refractivity contribution in [1.29, 1.82) is 0 Å². The second kappa shape index (κ2) is 11.8. The van der Waals surface area contributed by atoms with Crippen LogP contribution < -0.4 is 9.64 Å². The zero-order valence-electron chi connectivity index (χ0n) is 23.9. The lowest BCUT2D eigenvalue weighted by Crippen LogP contribution is -2.43. The fourth-order valence-electron chi connectivity index (χ4n) is 6.87. The molecule has 3 aromatic rings.